The van der Waals surface area contributed by atoms with E-state index in [4.69, 9.17) is 0 Å². The molecule has 5 heteroatoms. The van der Waals surface area contributed by atoms with Gasteiger partial charge in [0.15, 0.2) is 0 Å². The number of carbonyl (C=O) groups is 1. The first-order valence-corrected chi connectivity index (χ1v) is 7.99. The van der Waals surface area contributed by atoms with Crippen molar-refractivity contribution in [3.05, 3.63) is 52.8 Å². The van der Waals surface area contributed by atoms with Gasteiger partial charge >= 0.3 is 0 Å². The van der Waals surface area contributed by atoms with Gasteiger partial charge in [-0.15, -0.1) is 0 Å². The highest BCUT2D eigenvalue weighted by Gasteiger charge is 2.30. The van der Waals surface area contributed by atoms with Crippen LogP contribution < -0.4 is 5.32 Å². The van der Waals surface area contributed by atoms with E-state index in [9.17, 15) is 9.90 Å². The zero-order chi connectivity index (χ0) is 16.6. The van der Waals surface area contributed by atoms with Crippen LogP contribution in [0.25, 0.3) is 0 Å². The predicted molar refractivity (Wildman–Crippen MR) is 88.3 cm³/mol. The molecule has 122 valence electrons. The fourth-order valence-corrected chi connectivity index (χ4v) is 2.95. The number of rotatable bonds is 2. The van der Waals surface area contributed by atoms with Crippen LogP contribution in [0.15, 0.2) is 30.3 Å². The maximum atomic E-state index is 12.5. The van der Waals surface area contributed by atoms with Crippen LogP contribution in [0.2, 0.25) is 0 Å². The number of aliphatic hydroxyl groups is 1. The van der Waals surface area contributed by atoms with Gasteiger partial charge in [-0.2, -0.15) is 5.10 Å². The summed E-state index contributed by atoms with van der Waals surface area (Å²) in [6.07, 6.45) is 0.908. The monoisotopic (exact) mass is 313 g/mol. The van der Waals surface area contributed by atoms with E-state index in [1.54, 1.807) is 6.07 Å². The summed E-state index contributed by atoms with van der Waals surface area (Å²) in [5, 5.41) is 20.3. The molecule has 1 amide bonds. The highest BCUT2D eigenvalue weighted by molar-refractivity contribution is 5.92. The van der Waals surface area contributed by atoms with Gasteiger partial charge in [0.1, 0.15) is 5.69 Å². The summed E-state index contributed by atoms with van der Waals surface area (Å²) in [6.45, 7) is 6.18. The van der Waals surface area contributed by atoms with Crippen LogP contribution in [0, 0.1) is 0 Å². The van der Waals surface area contributed by atoms with Gasteiger partial charge in [0.2, 0.25) is 0 Å². The molecule has 0 radical (unpaired) electrons. The molecule has 5 nitrogen and oxygen atoms in total. The number of benzene rings is 1. The molecule has 1 heterocycles. The van der Waals surface area contributed by atoms with Crippen LogP contribution in [0.4, 0.5) is 0 Å². The summed E-state index contributed by atoms with van der Waals surface area (Å²) >= 11 is 0. The lowest BCUT2D eigenvalue weighted by molar-refractivity contribution is 0.0787. The molecule has 0 unspecified atom stereocenters. The number of aromatic amines is 1. The number of nitrogens with one attached hydrogen (secondary N) is 2. The molecule has 0 fully saturated rings. The zero-order valence-electron chi connectivity index (χ0n) is 13.8. The number of H-pyrrole nitrogens is 1. The van der Waals surface area contributed by atoms with Crippen molar-refractivity contribution in [3.63, 3.8) is 0 Å². The standard InChI is InChI=1S/C18H23N3O2/c1-18(2,3)15-10-13(20-21-15)17(23)19-16-12-7-5-4-6-11(12)8-9-14(16)22/h4-7,10,14,16,22H,8-9H2,1-3H3,(H,19,23)(H,20,21)/t14-,16+/m1/s1. The lowest BCUT2D eigenvalue weighted by atomic mass is 9.85. The maximum absolute atomic E-state index is 12.5. The number of aryl methyl sites for hydroxylation is 1. The number of hydrogen-bond donors (Lipinski definition) is 3. The van der Waals surface area contributed by atoms with Crippen LogP contribution in [0.3, 0.4) is 0 Å². The van der Waals surface area contributed by atoms with Crippen LogP contribution in [0.5, 0.6) is 0 Å². The van der Waals surface area contributed by atoms with Gasteiger partial charge < -0.3 is 10.4 Å². The number of carbonyl (C=O) groups excluding carboxylic acids is 1. The van der Waals surface area contributed by atoms with Gasteiger partial charge in [-0.3, -0.25) is 9.89 Å². The number of fused-ring (bicyclic) bond motifs is 1. The Bertz CT molecular complexity index is 715. The average Bonchev–Trinajstić information content (AvgIpc) is 3.00. The number of hydrogen-bond acceptors (Lipinski definition) is 3. The Morgan fingerprint density at radius 3 is 2.78 bits per heavy atom. The lowest BCUT2D eigenvalue weighted by Gasteiger charge is -2.30. The summed E-state index contributed by atoms with van der Waals surface area (Å²) in [5.74, 6) is -0.266. The van der Waals surface area contributed by atoms with Crippen molar-refractivity contribution in [3.8, 4) is 0 Å². The van der Waals surface area contributed by atoms with Crippen molar-refractivity contribution >= 4 is 5.91 Å². The van der Waals surface area contributed by atoms with E-state index < -0.39 is 6.10 Å². The molecule has 0 aliphatic heterocycles. The van der Waals surface area contributed by atoms with Gasteiger partial charge in [-0.1, -0.05) is 45.0 Å². The van der Waals surface area contributed by atoms with E-state index in [2.05, 4.69) is 36.3 Å². The van der Waals surface area contributed by atoms with Crippen molar-refractivity contribution in [1.29, 1.82) is 0 Å². The first kappa shape index (κ1) is 15.7. The summed E-state index contributed by atoms with van der Waals surface area (Å²) in [5.41, 5.74) is 3.34. The van der Waals surface area contributed by atoms with Crippen molar-refractivity contribution < 1.29 is 9.90 Å². The molecule has 23 heavy (non-hydrogen) atoms. The third-order valence-corrected chi connectivity index (χ3v) is 4.39. The lowest BCUT2D eigenvalue weighted by Crippen LogP contribution is -2.39. The highest BCUT2D eigenvalue weighted by atomic mass is 16.3. The van der Waals surface area contributed by atoms with Gasteiger partial charge in [0.05, 0.1) is 12.1 Å². The van der Waals surface area contributed by atoms with E-state index in [0.29, 0.717) is 12.1 Å². The molecule has 1 aliphatic rings. The Kier molecular flexibility index (Phi) is 3.98. The molecular formula is C18H23N3O2. The normalized spacial score (nSPS) is 20.9. The minimum atomic E-state index is -0.574. The average molecular weight is 313 g/mol. The second kappa shape index (κ2) is 5.81. The molecule has 1 aromatic carbocycles. The Balaban J connectivity index is 1.81. The van der Waals surface area contributed by atoms with Gasteiger partial charge in [0.25, 0.3) is 5.91 Å². The third-order valence-electron chi connectivity index (χ3n) is 4.39. The maximum Gasteiger partial charge on any atom is 0.272 e. The van der Waals surface area contributed by atoms with Crippen LogP contribution in [-0.2, 0) is 11.8 Å². The van der Waals surface area contributed by atoms with Crippen LogP contribution in [-0.4, -0.2) is 27.3 Å². The molecule has 1 aromatic heterocycles. The molecule has 2 aromatic rings. The first-order valence-electron chi connectivity index (χ1n) is 7.99. The van der Waals surface area contributed by atoms with E-state index in [1.165, 1.54) is 5.56 Å². The van der Waals surface area contributed by atoms with E-state index in [1.807, 2.05) is 24.3 Å². The Labute approximate surface area is 136 Å². The second-order valence-corrected chi connectivity index (χ2v) is 7.17. The molecule has 0 bridgehead atoms. The molecular weight excluding hydrogens is 290 g/mol. The Morgan fingerprint density at radius 1 is 1.35 bits per heavy atom. The third kappa shape index (κ3) is 3.15. The fourth-order valence-electron chi connectivity index (χ4n) is 2.95. The fraction of sp³-hybridized carbons (Fsp3) is 0.444. The van der Waals surface area contributed by atoms with Crippen molar-refractivity contribution in [2.75, 3.05) is 0 Å². The number of amides is 1. The Hall–Kier alpha value is -2.14. The van der Waals surface area contributed by atoms with Crippen molar-refractivity contribution in [2.45, 2.75) is 51.2 Å². The molecule has 0 saturated carbocycles. The molecule has 0 saturated heterocycles. The molecule has 3 N–H and O–H groups in total. The largest absolute Gasteiger partial charge is 0.391 e. The topological polar surface area (TPSA) is 78.0 Å². The smallest absolute Gasteiger partial charge is 0.272 e. The van der Waals surface area contributed by atoms with E-state index >= 15 is 0 Å². The van der Waals surface area contributed by atoms with Gasteiger partial charge in [-0.25, -0.2) is 0 Å². The summed E-state index contributed by atoms with van der Waals surface area (Å²) in [6, 6.07) is 9.32. The quantitative estimate of drug-likeness (QED) is 0.797. The minimum absolute atomic E-state index is 0.0948. The van der Waals surface area contributed by atoms with Gasteiger partial charge in [-0.05, 0) is 30.0 Å². The minimum Gasteiger partial charge on any atom is -0.391 e. The van der Waals surface area contributed by atoms with Crippen molar-refractivity contribution in [2.24, 2.45) is 0 Å². The van der Waals surface area contributed by atoms with Gasteiger partial charge in [0, 0.05) is 11.1 Å². The predicted octanol–water partition coefficient (Wildman–Crippen LogP) is 2.49. The zero-order valence-corrected chi connectivity index (χ0v) is 13.8. The first-order chi connectivity index (χ1) is 10.9. The van der Waals surface area contributed by atoms with E-state index in [0.717, 1.165) is 17.7 Å². The Morgan fingerprint density at radius 2 is 2.09 bits per heavy atom. The van der Waals surface area contributed by atoms with Crippen molar-refractivity contribution in [1.82, 2.24) is 15.5 Å². The highest BCUT2D eigenvalue weighted by Crippen LogP contribution is 2.30. The number of nitrogens with zero attached hydrogens (tertiary/aromatic N) is 1. The summed E-state index contributed by atoms with van der Waals surface area (Å²) in [7, 11) is 0. The molecule has 1 aliphatic carbocycles. The number of aliphatic hydroxyl groups excluding tert-OH is 1. The number of aromatic nitrogens is 2. The summed E-state index contributed by atoms with van der Waals surface area (Å²) < 4.78 is 0. The van der Waals surface area contributed by atoms with E-state index in [-0.39, 0.29) is 17.4 Å². The molecule has 3 rings (SSSR count). The second-order valence-electron chi connectivity index (χ2n) is 7.17. The SMILES string of the molecule is CC(C)(C)c1cc(C(=O)N[C@H]2c3ccccc3CC[C@H]2O)n[nH]1. The van der Waals surface area contributed by atoms with Crippen LogP contribution >= 0.6 is 0 Å². The summed E-state index contributed by atoms with van der Waals surface area (Å²) in [4.78, 5) is 12.5. The molecule has 2 atom stereocenters. The molecule has 0 spiro atoms. The van der Waals surface area contributed by atoms with Crippen LogP contribution in [0.1, 0.15) is 60.5 Å².